The maximum atomic E-state index is 12.1. The fourth-order valence-corrected chi connectivity index (χ4v) is 4.36. The van der Waals surface area contributed by atoms with Crippen LogP contribution in [0, 0.1) is 6.92 Å². The van der Waals surface area contributed by atoms with Gasteiger partial charge in [-0.2, -0.15) is 0 Å². The van der Waals surface area contributed by atoms with Crippen molar-refractivity contribution in [1.82, 2.24) is 10.2 Å². The number of hydrogen-bond acceptors (Lipinski definition) is 4. The summed E-state index contributed by atoms with van der Waals surface area (Å²) in [5, 5.41) is 3.35. The molecule has 1 aliphatic heterocycles. The molecule has 1 aromatic carbocycles. The summed E-state index contributed by atoms with van der Waals surface area (Å²) in [5.74, 6) is 1.81. The molecule has 8 heteroatoms. The van der Waals surface area contributed by atoms with Gasteiger partial charge in [0.05, 0.1) is 17.6 Å². The minimum Gasteiger partial charge on any atom is -0.496 e. The van der Waals surface area contributed by atoms with Crippen LogP contribution in [0.2, 0.25) is 0 Å². The minimum absolute atomic E-state index is 0. The summed E-state index contributed by atoms with van der Waals surface area (Å²) in [4.78, 5) is 6.34. The molecule has 0 aliphatic carbocycles. The third kappa shape index (κ3) is 5.25. The molecule has 0 spiro atoms. The number of ether oxygens (including phenoxy) is 1. The van der Waals surface area contributed by atoms with Crippen molar-refractivity contribution in [1.29, 1.82) is 0 Å². The van der Waals surface area contributed by atoms with Crippen LogP contribution in [0.25, 0.3) is 0 Å². The van der Waals surface area contributed by atoms with Crippen LogP contribution in [0.1, 0.15) is 25.0 Å². The maximum Gasteiger partial charge on any atom is 0.193 e. The predicted molar refractivity (Wildman–Crippen MR) is 118 cm³/mol. The van der Waals surface area contributed by atoms with Crippen molar-refractivity contribution in [2.45, 2.75) is 31.9 Å². The number of aryl methyl sites for hydroxylation is 1. The number of benzene rings is 1. The van der Waals surface area contributed by atoms with Crippen LogP contribution in [0.3, 0.4) is 0 Å². The normalized spacial score (nSPS) is 18.8. The maximum absolute atomic E-state index is 12.1. The molecule has 1 fully saturated rings. The molecule has 0 bridgehead atoms. The van der Waals surface area contributed by atoms with Crippen LogP contribution in [-0.4, -0.2) is 63.6 Å². The van der Waals surface area contributed by atoms with E-state index in [0.717, 1.165) is 30.2 Å². The van der Waals surface area contributed by atoms with Crippen LogP contribution in [-0.2, 0) is 16.3 Å². The average Bonchev–Trinajstić information content (AvgIpc) is 2.56. The Morgan fingerprint density at radius 1 is 1.38 bits per heavy atom. The van der Waals surface area contributed by atoms with Crippen LogP contribution in [0.4, 0.5) is 0 Å². The van der Waals surface area contributed by atoms with Gasteiger partial charge < -0.3 is 15.0 Å². The van der Waals surface area contributed by atoms with Gasteiger partial charge in [0.2, 0.25) is 0 Å². The number of hydrogen-bond donors (Lipinski definition) is 1. The Labute approximate surface area is 174 Å². The van der Waals surface area contributed by atoms with Crippen molar-refractivity contribution in [3.8, 4) is 5.75 Å². The van der Waals surface area contributed by atoms with Gasteiger partial charge in [0.25, 0.3) is 0 Å². The third-order valence-corrected chi connectivity index (χ3v) is 7.26. The van der Waals surface area contributed by atoms with Crippen molar-refractivity contribution in [2.75, 3.05) is 39.5 Å². The largest absolute Gasteiger partial charge is 0.496 e. The first-order valence-corrected chi connectivity index (χ1v) is 10.2. The molecule has 1 aromatic rings. The Morgan fingerprint density at radius 2 is 2.08 bits per heavy atom. The Hall–Kier alpha value is -1.03. The van der Waals surface area contributed by atoms with Crippen molar-refractivity contribution in [3.05, 3.63) is 29.3 Å². The monoisotopic (exact) mass is 495 g/mol. The molecule has 1 aliphatic rings. The first-order chi connectivity index (χ1) is 11.7. The lowest BCUT2D eigenvalue weighted by molar-refractivity contribution is 0.353. The van der Waals surface area contributed by atoms with Crippen molar-refractivity contribution in [3.63, 3.8) is 0 Å². The zero-order chi connectivity index (χ0) is 18.7. The van der Waals surface area contributed by atoms with Crippen LogP contribution in [0.5, 0.6) is 5.75 Å². The fraction of sp³-hybridized carbons (Fsp3) is 0.611. The summed E-state index contributed by atoms with van der Waals surface area (Å²) >= 11 is 0. The highest BCUT2D eigenvalue weighted by Gasteiger charge is 2.40. The van der Waals surface area contributed by atoms with Gasteiger partial charge in [0.15, 0.2) is 15.8 Å². The molecule has 148 valence electrons. The molecule has 0 radical (unpaired) electrons. The van der Waals surface area contributed by atoms with E-state index >= 15 is 0 Å². The molecular formula is C18H30IN3O3S. The van der Waals surface area contributed by atoms with Crippen molar-refractivity contribution in [2.24, 2.45) is 4.99 Å². The van der Waals surface area contributed by atoms with Gasteiger partial charge in [-0.05, 0) is 44.4 Å². The summed E-state index contributed by atoms with van der Waals surface area (Å²) in [6.45, 7) is 7.23. The second kappa shape index (κ2) is 9.25. The number of methoxy groups -OCH3 is 1. The number of sulfone groups is 1. The van der Waals surface area contributed by atoms with Gasteiger partial charge in [-0.1, -0.05) is 12.1 Å². The first-order valence-electron chi connectivity index (χ1n) is 8.51. The highest BCUT2D eigenvalue weighted by molar-refractivity contribution is 14.0. The number of halogens is 1. The van der Waals surface area contributed by atoms with Gasteiger partial charge >= 0.3 is 0 Å². The van der Waals surface area contributed by atoms with E-state index in [1.807, 2.05) is 11.8 Å². The molecule has 6 nitrogen and oxygen atoms in total. The average molecular weight is 495 g/mol. The van der Waals surface area contributed by atoms with Gasteiger partial charge in [-0.15, -0.1) is 24.0 Å². The SMILES string of the molecule is CN=C(NCCc1ccc(C)c(OC)c1)N1CCS(=O)(=O)C(C)(C)C1.I. The number of nitrogens with one attached hydrogen (secondary N) is 1. The summed E-state index contributed by atoms with van der Waals surface area (Å²) in [7, 11) is 0.359. The molecule has 1 heterocycles. The van der Waals surface area contributed by atoms with E-state index in [2.05, 4.69) is 28.5 Å². The van der Waals surface area contributed by atoms with E-state index in [1.165, 1.54) is 5.56 Å². The number of nitrogens with zero attached hydrogens (tertiary/aromatic N) is 2. The van der Waals surface area contributed by atoms with Crippen LogP contribution < -0.4 is 10.1 Å². The quantitative estimate of drug-likeness (QED) is 0.394. The Morgan fingerprint density at radius 3 is 2.65 bits per heavy atom. The van der Waals surface area contributed by atoms with E-state index in [0.29, 0.717) is 13.1 Å². The lowest BCUT2D eigenvalue weighted by Crippen LogP contribution is -2.57. The van der Waals surface area contributed by atoms with Gasteiger partial charge in [0.1, 0.15) is 5.75 Å². The van der Waals surface area contributed by atoms with Gasteiger partial charge in [0, 0.05) is 26.7 Å². The molecule has 0 amide bonds. The lowest BCUT2D eigenvalue weighted by atomic mass is 10.1. The van der Waals surface area contributed by atoms with Crippen molar-refractivity contribution >= 4 is 39.8 Å². The molecule has 2 rings (SSSR count). The van der Waals surface area contributed by atoms with E-state index < -0.39 is 14.6 Å². The van der Waals surface area contributed by atoms with E-state index in [-0.39, 0.29) is 29.7 Å². The summed E-state index contributed by atoms with van der Waals surface area (Å²) in [5.41, 5.74) is 2.30. The van der Waals surface area contributed by atoms with Gasteiger partial charge in [-0.25, -0.2) is 8.42 Å². The van der Waals surface area contributed by atoms with Crippen LogP contribution in [0.15, 0.2) is 23.2 Å². The number of guanidine groups is 1. The Balaban J connectivity index is 0.00000338. The summed E-state index contributed by atoms with van der Waals surface area (Å²) in [6.07, 6.45) is 0.838. The standard InChI is InChI=1S/C18H29N3O3S.HI/c1-14-6-7-15(12-16(14)24-5)8-9-20-17(19-4)21-10-11-25(22,23)18(2,3)13-21;/h6-7,12H,8-11,13H2,1-5H3,(H,19,20);1H. The molecule has 0 atom stereocenters. The predicted octanol–water partition coefficient (Wildman–Crippen LogP) is 2.25. The molecule has 0 unspecified atom stereocenters. The van der Waals surface area contributed by atoms with Crippen LogP contribution >= 0.6 is 24.0 Å². The molecule has 1 saturated heterocycles. The Bertz CT molecular complexity index is 748. The molecule has 0 aromatic heterocycles. The first kappa shape index (κ1) is 23.0. The zero-order valence-corrected chi connectivity index (χ0v) is 19.4. The highest BCUT2D eigenvalue weighted by Crippen LogP contribution is 2.23. The number of aliphatic imine (C=N–C) groups is 1. The molecular weight excluding hydrogens is 465 g/mol. The van der Waals surface area contributed by atoms with Crippen molar-refractivity contribution < 1.29 is 13.2 Å². The number of rotatable bonds is 4. The smallest absolute Gasteiger partial charge is 0.193 e. The molecule has 1 N–H and O–H groups in total. The van der Waals surface area contributed by atoms with E-state index in [9.17, 15) is 8.42 Å². The minimum atomic E-state index is -3.05. The topological polar surface area (TPSA) is 71.0 Å². The summed E-state index contributed by atoms with van der Waals surface area (Å²) < 4.78 is 28.9. The third-order valence-electron chi connectivity index (χ3n) is 4.72. The molecule has 0 saturated carbocycles. The highest BCUT2D eigenvalue weighted by atomic mass is 127. The van der Waals surface area contributed by atoms with E-state index in [4.69, 9.17) is 4.74 Å². The fourth-order valence-electron chi connectivity index (χ4n) is 3.00. The second-order valence-electron chi connectivity index (χ2n) is 7.03. The van der Waals surface area contributed by atoms with E-state index in [1.54, 1.807) is 28.0 Å². The van der Waals surface area contributed by atoms with Gasteiger partial charge in [-0.3, -0.25) is 4.99 Å². The summed E-state index contributed by atoms with van der Waals surface area (Å²) in [6, 6.07) is 6.20. The Kier molecular flexibility index (Phi) is 8.19. The zero-order valence-electron chi connectivity index (χ0n) is 16.2. The molecule has 26 heavy (non-hydrogen) atoms. The lowest BCUT2D eigenvalue weighted by Gasteiger charge is -2.39. The second-order valence-corrected chi connectivity index (χ2v) is 9.77.